The number of hydrogen-bond donors (Lipinski definition) is 0. The van der Waals surface area contributed by atoms with Gasteiger partial charge in [-0.1, -0.05) is 32.0 Å². The lowest BCUT2D eigenvalue weighted by molar-refractivity contribution is 0.0468. The van der Waals surface area contributed by atoms with E-state index in [1.165, 1.54) is 4.68 Å². The van der Waals surface area contributed by atoms with Gasteiger partial charge in [0.1, 0.15) is 0 Å². The highest BCUT2D eigenvalue weighted by molar-refractivity contribution is 6.04. The van der Waals surface area contributed by atoms with Crippen molar-refractivity contribution in [1.29, 1.82) is 0 Å². The second-order valence-corrected chi connectivity index (χ2v) is 7.36. The van der Waals surface area contributed by atoms with Gasteiger partial charge >= 0.3 is 5.97 Å². The maximum atomic E-state index is 12.8. The molecule has 0 N–H and O–H groups in total. The third-order valence-corrected chi connectivity index (χ3v) is 5.15. The van der Waals surface area contributed by atoms with Gasteiger partial charge < -0.3 is 9.30 Å². The SMILES string of the molecule is CCCn1c(C)cc(C(=O)COC(=O)c2nn(CCC)c(=O)c3ccccc23)c1C. The number of hydrogen-bond acceptors (Lipinski definition) is 5. The monoisotopic (exact) mass is 409 g/mol. The minimum absolute atomic E-state index is 0.0444. The third-order valence-electron chi connectivity index (χ3n) is 5.15. The van der Waals surface area contributed by atoms with Gasteiger partial charge in [-0.15, -0.1) is 0 Å². The van der Waals surface area contributed by atoms with Crippen LogP contribution in [-0.4, -0.2) is 32.7 Å². The van der Waals surface area contributed by atoms with E-state index in [0.717, 1.165) is 24.4 Å². The first-order chi connectivity index (χ1) is 14.4. The van der Waals surface area contributed by atoms with Gasteiger partial charge in [-0.05, 0) is 38.8 Å². The number of carbonyl (C=O) groups excluding carboxylic acids is 2. The average molecular weight is 409 g/mol. The molecule has 2 aromatic heterocycles. The maximum Gasteiger partial charge on any atom is 0.359 e. The molecule has 0 aliphatic heterocycles. The molecule has 0 spiro atoms. The minimum Gasteiger partial charge on any atom is -0.452 e. The van der Waals surface area contributed by atoms with Gasteiger partial charge in [-0.2, -0.15) is 5.10 Å². The van der Waals surface area contributed by atoms with Gasteiger partial charge in [-0.25, -0.2) is 9.48 Å². The molecule has 3 rings (SSSR count). The van der Waals surface area contributed by atoms with E-state index in [-0.39, 0.29) is 23.6 Å². The molecule has 30 heavy (non-hydrogen) atoms. The number of ketones is 1. The van der Waals surface area contributed by atoms with Crippen LogP contribution in [0.2, 0.25) is 0 Å². The molecule has 0 atom stereocenters. The van der Waals surface area contributed by atoms with Gasteiger partial charge in [0.15, 0.2) is 12.3 Å². The Bertz CT molecular complexity index is 1160. The van der Waals surface area contributed by atoms with E-state index in [0.29, 0.717) is 29.3 Å². The molecule has 0 fully saturated rings. The molecular weight excluding hydrogens is 382 g/mol. The number of Topliss-reactive ketones (excluding diaryl/α,β-unsaturated/α-hetero) is 1. The number of benzene rings is 1. The Balaban J connectivity index is 1.86. The van der Waals surface area contributed by atoms with Gasteiger partial charge in [0, 0.05) is 35.4 Å². The Kier molecular flexibility index (Phi) is 6.50. The van der Waals surface area contributed by atoms with Crippen LogP contribution in [0.15, 0.2) is 35.1 Å². The van der Waals surface area contributed by atoms with Crippen LogP contribution in [0.3, 0.4) is 0 Å². The highest BCUT2D eigenvalue weighted by Crippen LogP contribution is 2.18. The smallest absolute Gasteiger partial charge is 0.359 e. The maximum absolute atomic E-state index is 12.8. The lowest BCUT2D eigenvalue weighted by Crippen LogP contribution is -2.27. The molecule has 0 radical (unpaired) electrons. The van der Waals surface area contributed by atoms with E-state index < -0.39 is 5.97 Å². The van der Waals surface area contributed by atoms with Crippen molar-refractivity contribution in [2.24, 2.45) is 0 Å². The average Bonchev–Trinajstić information content (AvgIpc) is 3.02. The molecule has 0 unspecified atom stereocenters. The molecule has 7 heteroatoms. The number of ether oxygens (including phenoxy) is 1. The number of aryl methyl sites for hydroxylation is 2. The zero-order chi connectivity index (χ0) is 21.8. The van der Waals surface area contributed by atoms with E-state index >= 15 is 0 Å². The van der Waals surface area contributed by atoms with Crippen molar-refractivity contribution in [3.8, 4) is 0 Å². The number of esters is 1. The minimum atomic E-state index is -0.716. The lowest BCUT2D eigenvalue weighted by Gasteiger charge is -2.10. The van der Waals surface area contributed by atoms with Gasteiger partial charge in [0.25, 0.3) is 5.56 Å². The fourth-order valence-electron chi connectivity index (χ4n) is 3.68. The molecular formula is C23H27N3O4. The quantitative estimate of drug-likeness (QED) is 0.419. The summed E-state index contributed by atoms with van der Waals surface area (Å²) >= 11 is 0. The predicted octanol–water partition coefficient (Wildman–Crippen LogP) is 3.67. The van der Waals surface area contributed by atoms with Crippen LogP contribution in [0.25, 0.3) is 10.8 Å². The lowest BCUT2D eigenvalue weighted by atomic mass is 10.1. The van der Waals surface area contributed by atoms with E-state index in [1.54, 1.807) is 24.3 Å². The van der Waals surface area contributed by atoms with E-state index in [2.05, 4.69) is 16.6 Å². The number of rotatable bonds is 8. The fraction of sp³-hybridized carbons (Fsp3) is 0.391. The second kappa shape index (κ2) is 9.07. The molecule has 7 nitrogen and oxygen atoms in total. The van der Waals surface area contributed by atoms with Gasteiger partial charge in [-0.3, -0.25) is 9.59 Å². The Morgan fingerprint density at radius 1 is 1.03 bits per heavy atom. The first kappa shape index (κ1) is 21.5. The van der Waals surface area contributed by atoms with Crippen LogP contribution in [0.5, 0.6) is 0 Å². The Labute approximate surface area is 175 Å². The van der Waals surface area contributed by atoms with Crippen LogP contribution in [0.4, 0.5) is 0 Å². The molecule has 0 aliphatic carbocycles. The number of aromatic nitrogens is 3. The van der Waals surface area contributed by atoms with Crippen LogP contribution in [0.1, 0.15) is 58.9 Å². The zero-order valence-electron chi connectivity index (χ0n) is 17.9. The van der Waals surface area contributed by atoms with Crippen LogP contribution in [-0.2, 0) is 17.8 Å². The molecule has 2 heterocycles. The highest BCUT2D eigenvalue weighted by Gasteiger charge is 2.21. The predicted molar refractivity (Wildman–Crippen MR) is 115 cm³/mol. The molecule has 0 saturated carbocycles. The normalized spacial score (nSPS) is 11.1. The molecule has 0 saturated heterocycles. The molecule has 1 aromatic carbocycles. The standard InChI is InChI=1S/C23H27N3O4/c1-5-11-25-15(3)13-19(16(25)4)20(27)14-30-23(29)21-17-9-7-8-10-18(17)22(28)26(24-21)12-6-2/h7-10,13H,5-6,11-12,14H2,1-4H3. The van der Waals surface area contributed by atoms with Crippen molar-refractivity contribution in [3.63, 3.8) is 0 Å². The largest absolute Gasteiger partial charge is 0.452 e. The Morgan fingerprint density at radius 2 is 1.70 bits per heavy atom. The molecule has 0 bridgehead atoms. The van der Waals surface area contributed by atoms with Gasteiger partial charge in [0.05, 0.1) is 5.39 Å². The fourth-order valence-corrected chi connectivity index (χ4v) is 3.68. The summed E-state index contributed by atoms with van der Waals surface area (Å²) in [5.41, 5.74) is 2.23. The summed E-state index contributed by atoms with van der Waals surface area (Å²) in [5, 5.41) is 5.04. The van der Waals surface area contributed by atoms with Crippen molar-refractivity contribution in [3.05, 3.63) is 63.3 Å². The van der Waals surface area contributed by atoms with Crippen molar-refractivity contribution in [1.82, 2.24) is 14.3 Å². The summed E-state index contributed by atoms with van der Waals surface area (Å²) in [7, 11) is 0. The summed E-state index contributed by atoms with van der Waals surface area (Å²) < 4.78 is 8.68. The van der Waals surface area contributed by atoms with Crippen molar-refractivity contribution >= 4 is 22.5 Å². The van der Waals surface area contributed by atoms with E-state index in [1.807, 2.05) is 26.8 Å². The van der Waals surface area contributed by atoms with Crippen LogP contribution < -0.4 is 5.56 Å². The van der Waals surface area contributed by atoms with Crippen molar-refractivity contribution in [2.45, 2.75) is 53.6 Å². The first-order valence-electron chi connectivity index (χ1n) is 10.3. The van der Waals surface area contributed by atoms with Gasteiger partial charge in [0.2, 0.25) is 5.78 Å². The molecule has 3 aromatic rings. The Morgan fingerprint density at radius 3 is 2.37 bits per heavy atom. The summed E-state index contributed by atoms with van der Waals surface area (Å²) in [6.07, 6.45) is 1.66. The number of nitrogens with zero attached hydrogens (tertiary/aromatic N) is 3. The van der Waals surface area contributed by atoms with E-state index in [9.17, 15) is 14.4 Å². The van der Waals surface area contributed by atoms with Crippen LogP contribution >= 0.6 is 0 Å². The molecule has 0 amide bonds. The van der Waals surface area contributed by atoms with Crippen molar-refractivity contribution in [2.75, 3.05) is 6.61 Å². The molecule has 0 aliphatic rings. The number of fused-ring (bicyclic) bond motifs is 1. The second-order valence-electron chi connectivity index (χ2n) is 7.36. The summed E-state index contributed by atoms with van der Waals surface area (Å²) in [6.45, 7) is 8.71. The topological polar surface area (TPSA) is 83.2 Å². The first-order valence-corrected chi connectivity index (χ1v) is 10.3. The Hall–Kier alpha value is -3.22. The zero-order valence-corrected chi connectivity index (χ0v) is 17.9. The summed E-state index contributed by atoms with van der Waals surface area (Å²) in [5.74, 6) is -0.975. The number of carbonyl (C=O) groups is 2. The van der Waals surface area contributed by atoms with Crippen molar-refractivity contribution < 1.29 is 14.3 Å². The highest BCUT2D eigenvalue weighted by atomic mass is 16.5. The van der Waals surface area contributed by atoms with E-state index in [4.69, 9.17) is 4.74 Å². The van der Waals surface area contributed by atoms with Crippen LogP contribution in [0, 0.1) is 13.8 Å². The molecule has 158 valence electrons. The summed E-state index contributed by atoms with van der Waals surface area (Å²) in [4.78, 5) is 38.0. The third kappa shape index (κ3) is 4.06. The summed E-state index contributed by atoms with van der Waals surface area (Å²) in [6, 6.07) is 8.63.